The van der Waals surface area contributed by atoms with Crippen LogP contribution in [-0.2, 0) is 17.8 Å². The van der Waals surface area contributed by atoms with E-state index >= 15 is 0 Å². The smallest absolute Gasteiger partial charge is 0.144 e. The molecule has 5 nitrogen and oxygen atoms in total. The predicted octanol–water partition coefficient (Wildman–Crippen LogP) is 0.785. The zero-order valence-corrected chi connectivity index (χ0v) is 10.0. The van der Waals surface area contributed by atoms with Crippen molar-refractivity contribution in [3.63, 3.8) is 0 Å². The van der Waals surface area contributed by atoms with Crippen molar-refractivity contribution < 1.29 is 4.79 Å². The lowest BCUT2D eigenvalue weighted by Crippen LogP contribution is -2.26. The number of rotatable bonds is 7. The molecule has 1 heterocycles. The third kappa shape index (κ3) is 3.13. The van der Waals surface area contributed by atoms with E-state index in [2.05, 4.69) is 17.0 Å². The van der Waals surface area contributed by atoms with Gasteiger partial charge in [0.15, 0.2) is 0 Å². The minimum Gasteiger partial charge on any atom is -0.330 e. The second kappa shape index (κ2) is 6.37. The first-order valence-corrected chi connectivity index (χ1v) is 5.82. The average molecular weight is 224 g/mol. The first-order chi connectivity index (χ1) is 7.72. The van der Waals surface area contributed by atoms with Crippen LogP contribution in [0.1, 0.15) is 32.5 Å². The maximum absolute atomic E-state index is 11.9. The van der Waals surface area contributed by atoms with Crippen LogP contribution in [0.15, 0.2) is 6.33 Å². The average Bonchev–Trinajstić information content (AvgIpc) is 2.72. The summed E-state index contributed by atoms with van der Waals surface area (Å²) in [7, 11) is 0. The quantitative estimate of drug-likeness (QED) is 0.743. The summed E-state index contributed by atoms with van der Waals surface area (Å²) in [6, 6.07) is 0. The van der Waals surface area contributed by atoms with Gasteiger partial charge in [0, 0.05) is 19.0 Å². The van der Waals surface area contributed by atoms with E-state index in [9.17, 15) is 4.79 Å². The lowest BCUT2D eigenvalue weighted by atomic mass is 9.96. The molecular weight excluding hydrogens is 204 g/mol. The lowest BCUT2D eigenvalue weighted by molar-refractivity contribution is -0.122. The summed E-state index contributed by atoms with van der Waals surface area (Å²) in [5, 5.41) is 4.04. The van der Waals surface area contributed by atoms with Crippen LogP contribution in [-0.4, -0.2) is 27.1 Å². The number of aromatic nitrogens is 3. The summed E-state index contributed by atoms with van der Waals surface area (Å²) in [4.78, 5) is 16.0. The topological polar surface area (TPSA) is 73.8 Å². The Hall–Kier alpha value is -1.23. The van der Waals surface area contributed by atoms with Crippen LogP contribution in [0.2, 0.25) is 0 Å². The summed E-state index contributed by atoms with van der Waals surface area (Å²) in [5.74, 6) is 0.876. The highest BCUT2D eigenvalue weighted by atomic mass is 16.1. The van der Waals surface area contributed by atoms with Crippen molar-refractivity contribution in [3.8, 4) is 0 Å². The molecule has 1 aromatic rings. The summed E-state index contributed by atoms with van der Waals surface area (Å²) in [6.07, 6.45) is 3.67. The van der Waals surface area contributed by atoms with E-state index in [0.717, 1.165) is 25.2 Å². The number of aryl methyl sites for hydroxylation is 1. The highest BCUT2D eigenvalue weighted by molar-refractivity contribution is 5.82. The molecule has 2 N–H and O–H groups in total. The van der Waals surface area contributed by atoms with Crippen molar-refractivity contribution in [2.75, 3.05) is 6.54 Å². The van der Waals surface area contributed by atoms with Gasteiger partial charge in [-0.15, -0.1) is 0 Å². The first kappa shape index (κ1) is 12.8. The maximum atomic E-state index is 11.9. The molecule has 0 aliphatic carbocycles. The molecule has 0 amide bonds. The molecule has 0 spiro atoms. The molecule has 0 fully saturated rings. The van der Waals surface area contributed by atoms with Crippen LogP contribution in [0.25, 0.3) is 0 Å². The molecule has 0 aliphatic heterocycles. The fourth-order valence-electron chi connectivity index (χ4n) is 1.75. The second-order valence-electron chi connectivity index (χ2n) is 3.86. The molecule has 0 aliphatic rings. The van der Waals surface area contributed by atoms with Gasteiger partial charge >= 0.3 is 0 Å². The zero-order valence-electron chi connectivity index (χ0n) is 10.0. The fourth-order valence-corrected chi connectivity index (χ4v) is 1.75. The minimum atomic E-state index is -0.0352. The van der Waals surface area contributed by atoms with Crippen molar-refractivity contribution in [2.24, 2.45) is 11.7 Å². The van der Waals surface area contributed by atoms with Crippen LogP contribution < -0.4 is 5.73 Å². The molecule has 0 saturated heterocycles. The number of carbonyl (C=O) groups excluding carboxylic acids is 1. The Morgan fingerprint density at radius 3 is 2.88 bits per heavy atom. The third-order valence-electron chi connectivity index (χ3n) is 2.70. The molecule has 0 saturated carbocycles. The zero-order chi connectivity index (χ0) is 12.0. The van der Waals surface area contributed by atoms with E-state index in [0.29, 0.717) is 13.0 Å². The summed E-state index contributed by atoms with van der Waals surface area (Å²) in [5.41, 5.74) is 5.60. The van der Waals surface area contributed by atoms with Crippen LogP contribution >= 0.6 is 0 Å². The van der Waals surface area contributed by atoms with Gasteiger partial charge in [-0.05, 0) is 13.3 Å². The Bertz CT molecular complexity index is 334. The SMILES string of the molecule is CCCC(CN)C(=O)Cc1ncnn1CC. The fraction of sp³-hybridized carbons (Fsp3) is 0.727. The van der Waals surface area contributed by atoms with E-state index < -0.39 is 0 Å². The number of ketones is 1. The van der Waals surface area contributed by atoms with Gasteiger partial charge in [-0.2, -0.15) is 5.10 Å². The summed E-state index contributed by atoms with van der Waals surface area (Å²) < 4.78 is 1.75. The highest BCUT2D eigenvalue weighted by Crippen LogP contribution is 2.09. The number of nitrogens with two attached hydrogens (primary N) is 1. The van der Waals surface area contributed by atoms with Gasteiger partial charge in [0.1, 0.15) is 17.9 Å². The number of hydrogen-bond donors (Lipinski definition) is 1. The van der Waals surface area contributed by atoms with Crippen LogP contribution in [0, 0.1) is 5.92 Å². The minimum absolute atomic E-state index is 0.0352. The van der Waals surface area contributed by atoms with Gasteiger partial charge < -0.3 is 5.73 Å². The Morgan fingerprint density at radius 1 is 1.56 bits per heavy atom. The Kier molecular flexibility index (Phi) is 5.11. The van der Waals surface area contributed by atoms with Crippen molar-refractivity contribution in [1.29, 1.82) is 0 Å². The van der Waals surface area contributed by atoms with Crippen LogP contribution in [0.5, 0.6) is 0 Å². The van der Waals surface area contributed by atoms with Gasteiger partial charge in [-0.25, -0.2) is 9.67 Å². The van der Waals surface area contributed by atoms with E-state index in [1.807, 2.05) is 6.92 Å². The molecule has 1 aromatic heterocycles. The van der Waals surface area contributed by atoms with E-state index in [1.54, 1.807) is 4.68 Å². The number of carbonyl (C=O) groups is 1. The molecule has 1 rings (SSSR count). The second-order valence-corrected chi connectivity index (χ2v) is 3.86. The molecule has 0 bridgehead atoms. The van der Waals surface area contributed by atoms with Crippen molar-refractivity contribution in [1.82, 2.24) is 14.8 Å². The molecule has 16 heavy (non-hydrogen) atoms. The first-order valence-electron chi connectivity index (χ1n) is 5.82. The molecule has 5 heteroatoms. The molecule has 1 unspecified atom stereocenters. The normalized spacial score (nSPS) is 12.7. The maximum Gasteiger partial charge on any atom is 0.144 e. The summed E-state index contributed by atoms with van der Waals surface area (Å²) >= 11 is 0. The van der Waals surface area contributed by atoms with Crippen molar-refractivity contribution in [3.05, 3.63) is 12.2 Å². The largest absolute Gasteiger partial charge is 0.330 e. The molecule has 1 atom stereocenters. The van der Waals surface area contributed by atoms with Gasteiger partial charge in [-0.1, -0.05) is 13.3 Å². The molecule has 0 radical (unpaired) electrons. The van der Waals surface area contributed by atoms with Gasteiger partial charge in [0.05, 0.1) is 6.42 Å². The Morgan fingerprint density at radius 2 is 2.31 bits per heavy atom. The van der Waals surface area contributed by atoms with Gasteiger partial charge in [0.25, 0.3) is 0 Å². The van der Waals surface area contributed by atoms with Crippen molar-refractivity contribution in [2.45, 2.75) is 39.7 Å². The Balaban J connectivity index is 2.62. The predicted molar refractivity (Wildman–Crippen MR) is 61.9 cm³/mol. The molecule has 0 aromatic carbocycles. The third-order valence-corrected chi connectivity index (χ3v) is 2.70. The Labute approximate surface area is 96.0 Å². The van der Waals surface area contributed by atoms with Gasteiger partial charge in [-0.3, -0.25) is 4.79 Å². The summed E-state index contributed by atoms with van der Waals surface area (Å²) in [6.45, 7) is 5.20. The van der Waals surface area contributed by atoms with Crippen LogP contribution in [0.4, 0.5) is 0 Å². The van der Waals surface area contributed by atoms with E-state index in [4.69, 9.17) is 5.73 Å². The lowest BCUT2D eigenvalue weighted by Gasteiger charge is -2.11. The number of hydrogen-bond acceptors (Lipinski definition) is 4. The number of Topliss-reactive ketones (excluding diaryl/α,β-unsaturated/α-hetero) is 1. The van der Waals surface area contributed by atoms with Crippen LogP contribution in [0.3, 0.4) is 0 Å². The van der Waals surface area contributed by atoms with Gasteiger partial charge in [0.2, 0.25) is 0 Å². The van der Waals surface area contributed by atoms with Crippen molar-refractivity contribution >= 4 is 5.78 Å². The van der Waals surface area contributed by atoms with E-state index in [-0.39, 0.29) is 11.7 Å². The monoisotopic (exact) mass is 224 g/mol. The molecular formula is C11H20N4O. The molecule has 90 valence electrons. The standard InChI is InChI=1S/C11H20N4O/c1-3-5-9(7-12)10(16)6-11-13-8-14-15(11)4-2/h8-9H,3-7,12H2,1-2H3. The highest BCUT2D eigenvalue weighted by Gasteiger charge is 2.18. The number of nitrogens with zero attached hydrogens (tertiary/aromatic N) is 3. The van der Waals surface area contributed by atoms with E-state index in [1.165, 1.54) is 6.33 Å².